The Labute approximate surface area is 60.9 Å². The maximum atomic E-state index is 10.3. The van der Waals surface area contributed by atoms with E-state index in [1.54, 1.807) is 30.5 Å². The van der Waals surface area contributed by atoms with Crippen LogP contribution in [0.5, 0.6) is 0 Å². The Balaban J connectivity index is 3.46. The second-order valence-electron chi connectivity index (χ2n) is 1.68. The standard InChI is InChI=1S/C8H11NO/c1-3-4-5-6-7-9-8(2)10/h3-7H,1H2,2H3,(H,9,10)/b5-4+,7-6+. The molecule has 0 atom stereocenters. The summed E-state index contributed by atoms with van der Waals surface area (Å²) in [6.45, 7) is 4.95. The molecule has 54 valence electrons. The zero-order valence-electron chi connectivity index (χ0n) is 6.00. The molecule has 0 bridgehead atoms. The first kappa shape index (κ1) is 8.69. The Bertz CT molecular complexity index is 168. The van der Waals surface area contributed by atoms with E-state index in [4.69, 9.17) is 0 Å². The average molecular weight is 137 g/mol. The number of allylic oxidation sites excluding steroid dienone is 4. The molecular formula is C8H11NO. The maximum absolute atomic E-state index is 10.3. The van der Waals surface area contributed by atoms with Gasteiger partial charge in [-0.15, -0.1) is 0 Å². The van der Waals surface area contributed by atoms with E-state index >= 15 is 0 Å². The van der Waals surface area contributed by atoms with Gasteiger partial charge < -0.3 is 5.32 Å². The molecule has 0 radical (unpaired) electrons. The van der Waals surface area contributed by atoms with Gasteiger partial charge >= 0.3 is 0 Å². The molecule has 10 heavy (non-hydrogen) atoms. The van der Waals surface area contributed by atoms with Crippen molar-refractivity contribution >= 4 is 5.91 Å². The third kappa shape index (κ3) is 6.69. The van der Waals surface area contributed by atoms with Gasteiger partial charge in [0.15, 0.2) is 0 Å². The van der Waals surface area contributed by atoms with Gasteiger partial charge in [-0.1, -0.05) is 24.8 Å². The second kappa shape index (κ2) is 5.82. The summed E-state index contributed by atoms with van der Waals surface area (Å²) in [5.41, 5.74) is 0. The number of rotatable bonds is 3. The van der Waals surface area contributed by atoms with Crippen molar-refractivity contribution < 1.29 is 4.79 Å². The normalized spacial score (nSPS) is 10.5. The largest absolute Gasteiger partial charge is 0.333 e. The van der Waals surface area contributed by atoms with Crippen molar-refractivity contribution in [1.29, 1.82) is 0 Å². The molecule has 0 saturated heterocycles. The quantitative estimate of drug-likeness (QED) is 0.585. The van der Waals surface area contributed by atoms with Gasteiger partial charge in [0.2, 0.25) is 5.91 Å². The number of carbonyl (C=O) groups excluding carboxylic acids is 1. The van der Waals surface area contributed by atoms with E-state index in [9.17, 15) is 4.79 Å². The van der Waals surface area contributed by atoms with E-state index in [1.807, 2.05) is 0 Å². The summed E-state index contributed by atoms with van der Waals surface area (Å²) >= 11 is 0. The number of carbonyl (C=O) groups is 1. The Hall–Kier alpha value is -1.31. The summed E-state index contributed by atoms with van der Waals surface area (Å²) in [5.74, 6) is -0.0664. The van der Waals surface area contributed by atoms with Crippen LogP contribution < -0.4 is 5.32 Å². The molecule has 0 fully saturated rings. The summed E-state index contributed by atoms with van der Waals surface area (Å²) in [6.07, 6.45) is 8.52. The minimum atomic E-state index is -0.0664. The zero-order chi connectivity index (χ0) is 7.82. The molecule has 1 N–H and O–H groups in total. The van der Waals surface area contributed by atoms with E-state index in [1.165, 1.54) is 6.92 Å². The summed E-state index contributed by atoms with van der Waals surface area (Å²) in [7, 11) is 0. The van der Waals surface area contributed by atoms with Crippen LogP contribution in [-0.2, 0) is 4.79 Å². The van der Waals surface area contributed by atoms with E-state index in [-0.39, 0.29) is 5.91 Å². The van der Waals surface area contributed by atoms with E-state index < -0.39 is 0 Å². The van der Waals surface area contributed by atoms with Gasteiger partial charge in [-0.3, -0.25) is 4.79 Å². The summed E-state index contributed by atoms with van der Waals surface area (Å²) in [6, 6.07) is 0. The summed E-state index contributed by atoms with van der Waals surface area (Å²) in [4.78, 5) is 10.3. The van der Waals surface area contributed by atoms with Crippen LogP contribution in [0.4, 0.5) is 0 Å². The Morgan fingerprint density at radius 1 is 1.40 bits per heavy atom. The third-order valence-electron chi connectivity index (χ3n) is 0.741. The highest BCUT2D eigenvalue weighted by Gasteiger charge is 1.78. The number of amides is 1. The Morgan fingerprint density at radius 2 is 2.10 bits per heavy atom. The molecular weight excluding hydrogens is 126 g/mol. The lowest BCUT2D eigenvalue weighted by atomic mass is 10.5. The lowest BCUT2D eigenvalue weighted by Crippen LogP contribution is -2.10. The van der Waals surface area contributed by atoms with Crippen molar-refractivity contribution in [2.45, 2.75) is 6.92 Å². The topological polar surface area (TPSA) is 29.1 Å². The predicted octanol–water partition coefficient (Wildman–Crippen LogP) is 1.38. The van der Waals surface area contributed by atoms with Gasteiger partial charge in [0.25, 0.3) is 0 Å². The van der Waals surface area contributed by atoms with Gasteiger partial charge in [-0.05, 0) is 6.08 Å². The first-order valence-corrected chi connectivity index (χ1v) is 2.98. The molecule has 0 saturated carbocycles. The van der Waals surface area contributed by atoms with E-state index in [2.05, 4.69) is 11.9 Å². The second-order valence-corrected chi connectivity index (χ2v) is 1.68. The minimum Gasteiger partial charge on any atom is -0.333 e. The number of nitrogens with one attached hydrogen (secondary N) is 1. The molecule has 0 aliphatic carbocycles. The zero-order valence-corrected chi connectivity index (χ0v) is 6.00. The van der Waals surface area contributed by atoms with Crippen LogP contribution in [0.15, 0.2) is 37.1 Å². The third-order valence-corrected chi connectivity index (χ3v) is 0.741. The highest BCUT2D eigenvalue weighted by Crippen LogP contribution is 1.74. The molecule has 2 nitrogen and oxygen atoms in total. The molecule has 0 unspecified atom stereocenters. The monoisotopic (exact) mass is 137 g/mol. The van der Waals surface area contributed by atoms with Gasteiger partial charge in [0, 0.05) is 13.1 Å². The summed E-state index contributed by atoms with van der Waals surface area (Å²) < 4.78 is 0. The molecule has 2 heteroatoms. The fraction of sp³-hybridized carbons (Fsp3) is 0.125. The fourth-order valence-corrected chi connectivity index (χ4v) is 0.364. The molecule has 0 heterocycles. The van der Waals surface area contributed by atoms with Crippen molar-refractivity contribution in [3.8, 4) is 0 Å². The van der Waals surface area contributed by atoms with Crippen LogP contribution in [0.25, 0.3) is 0 Å². The van der Waals surface area contributed by atoms with Crippen LogP contribution >= 0.6 is 0 Å². The minimum absolute atomic E-state index is 0.0664. The fourth-order valence-electron chi connectivity index (χ4n) is 0.364. The van der Waals surface area contributed by atoms with Gasteiger partial charge in [0.1, 0.15) is 0 Å². The van der Waals surface area contributed by atoms with Crippen molar-refractivity contribution in [3.63, 3.8) is 0 Å². The smallest absolute Gasteiger partial charge is 0.220 e. The first-order valence-electron chi connectivity index (χ1n) is 2.98. The molecule has 0 rings (SSSR count). The highest BCUT2D eigenvalue weighted by atomic mass is 16.1. The molecule has 0 aliphatic heterocycles. The molecule has 0 spiro atoms. The molecule has 1 amide bonds. The number of hydrogen-bond acceptors (Lipinski definition) is 1. The predicted molar refractivity (Wildman–Crippen MR) is 42.3 cm³/mol. The van der Waals surface area contributed by atoms with Crippen molar-refractivity contribution in [2.75, 3.05) is 0 Å². The Kier molecular flexibility index (Phi) is 5.06. The maximum Gasteiger partial charge on any atom is 0.220 e. The average Bonchev–Trinajstić information content (AvgIpc) is 1.87. The SMILES string of the molecule is C=C/C=C/C=C/NC(C)=O. The van der Waals surface area contributed by atoms with Crippen LogP contribution in [0.1, 0.15) is 6.92 Å². The molecule has 0 aromatic rings. The van der Waals surface area contributed by atoms with Gasteiger partial charge in [0.05, 0.1) is 0 Å². The van der Waals surface area contributed by atoms with Crippen LogP contribution in [0.3, 0.4) is 0 Å². The summed E-state index contributed by atoms with van der Waals surface area (Å²) in [5, 5.41) is 2.50. The Morgan fingerprint density at radius 3 is 2.60 bits per heavy atom. The van der Waals surface area contributed by atoms with Gasteiger partial charge in [-0.25, -0.2) is 0 Å². The van der Waals surface area contributed by atoms with Crippen LogP contribution in [0.2, 0.25) is 0 Å². The lowest BCUT2D eigenvalue weighted by molar-refractivity contribution is -0.118. The van der Waals surface area contributed by atoms with Crippen molar-refractivity contribution in [1.82, 2.24) is 5.32 Å². The molecule has 0 aliphatic rings. The highest BCUT2D eigenvalue weighted by molar-refractivity contribution is 5.73. The van der Waals surface area contributed by atoms with Crippen LogP contribution in [-0.4, -0.2) is 5.91 Å². The molecule has 0 aromatic heterocycles. The van der Waals surface area contributed by atoms with E-state index in [0.717, 1.165) is 0 Å². The van der Waals surface area contributed by atoms with Gasteiger partial charge in [-0.2, -0.15) is 0 Å². The lowest BCUT2D eigenvalue weighted by Gasteiger charge is -1.86. The van der Waals surface area contributed by atoms with Crippen LogP contribution in [0, 0.1) is 0 Å². The molecule has 0 aromatic carbocycles. The van der Waals surface area contributed by atoms with Crippen molar-refractivity contribution in [3.05, 3.63) is 37.1 Å². The van der Waals surface area contributed by atoms with Crippen molar-refractivity contribution in [2.24, 2.45) is 0 Å². The van der Waals surface area contributed by atoms with E-state index in [0.29, 0.717) is 0 Å². The first-order chi connectivity index (χ1) is 4.77. The number of hydrogen-bond donors (Lipinski definition) is 1.